The van der Waals surface area contributed by atoms with Gasteiger partial charge in [-0.1, -0.05) is 42.5 Å². The third kappa shape index (κ3) is 5.16. The molecule has 1 saturated heterocycles. The molecule has 28 heavy (non-hydrogen) atoms. The van der Waals surface area contributed by atoms with Crippen LogP contribution in [0.1, 0.15) is 29.9 Å². The number of aromatic nitrogens is 2. The zero-order valence-electron chi connectivity index (χ0n) is 16.8. The molecule has 0 saturated carbocycles. The van der Waals surface area contributed by atoms with E-state index < -0.39 is 0 Å². The van der Waals surface area contributed by atoms with E-state index >= 15 is 0 Å². The number of piperazine rings is 1. The summed E-state index contributed by atoms with van der Waals surface area (Å²) < 4.78 is 0. The average molecular weight is 380 g/mol. The van der Waals surface area contributed by atoms with Crippen LogP contribution in [0, 0.1) is 0 Å². The van der Waals surface area contributed by atoms with Gasteiger partial charge < -0.3 is 9.80 Å². The topological polar surface area (TPSA) is 52.6 Å². The molecular weight excluding hydrogens is 350 g/mol. The molecule has 1 aliphatic rings. The first-order valence-corrected chi connectivity index (χ1v) is 10.0. The summed E-state index contributed by atoms with van der Waals surface area (Å²) in [5, 5.41) is 0. The van der Waals surface area contributed by atoms with E-state index in [0.717, 1.165) is 51.6 Å². The summed E-state index contributed by atoms with van der Waals surface area (Å²) in [5.41, 5.74) is 1.69. The molecule has 2 aromatic rings. The van der Waals surface area contributed by atoms with Crippen molar-refractivity contribution in [3.05, 3.63) is 60.1 Å². The highest BCUT2D eigenvalue weighted by atomic mass is 16.2. The van der Waals surface area contributed by atoms with Gasteiger partial charge >= 0.3 is 0 Å². The van der Waals surface area contributed by atoms with Gasteiger partial charge in [-0.25, -0.2) is 9.97 Å². The van der Waals surface area contributed by atoms with Crippen molar-refractivity contribution in [1.29, 1.82) is 0 Å². The van der Waals surface area contributed by atoms with Crippen LogP contribution in [-0.2, 0) is 0 Å². The Hall–Kier alpha value is -2.73. The molecule has 0 atom stereocenters. The molecule has 1 aliphatic heterocycles. The van der Waals surface area contributed by atoms with Gasteiger partial charge in [-0.05, 0) is 19.4 Å². The van der Waals surface area contributed by atoms with Gasteiger partial charge in [0.2, 0.25) is 0 Å². The van der Waals surface area contributed by atoms with Gasteiger partial charge in [-0.2, -0.15) is 0 Å². The van der Waals surface area contributed by atoms with Crippen molar-refractivity contribution in [2.45, 2.75) is 13.8 Å². The van der Waals surface area contributed by atoms with Crippen LogP contribution in [0.3, 0.4) is 0 Å². The van der Waals surface area contributed by atoms with E-state index in [1.807, 2.05) is 29.2 Å². The van der Waals surface area contributed by atoms with Crippen molar-refractivity contribution < 1.29 is 4.79 Å². The molecule has 1 amide bonds. The Morgan fingerprint density at radius 2 is 1.79 bits per heavy atom. The van der Waals surface area contributed by atoms with Crippen LogP contribution < -0.4 is 4.90 Å². The highest BCUT2D eigenvalue weighted by Crippen LogP contribution is 2.13. The molecule has 1 aromatic carbocycles. The molecule has 6 nitrogen and oxygen atoms in total. The fourth-order valence-corrected chi connectivity index (χ4v) is 3.38. The van der Waals surface area contributed by atoms with Gasteiger partial charge in [-0.3, -0.25) is 9.69 Å². The largest absolute Gasteiger partial charge is 0.357 e. The summed E-state index contributed by atoms with van der Waals surface area (Å²) in [6.07, 6.45) is 5.83. The van der Waals surface area contributed by atoms with E-state index in [2.05, 4.69) is 57.9 Å². The SMILES string of the molecule is CCN(CC)c1cc(C(=O)N2CCN(C/C=C/c3ccccc3)CC2)ncn1. The second-order valence-electron chi connectivity index (χ2n) is 6.84. The van der Waals surface area contributed by atoms with E-state index in [1.165, 1.54) is 11.9 Å². The van der Waals surface area contributed by atoms with Gasteiger partial charge in [0, 0.05) is 51.9 Å². The molecule has 0 aliphatic carbocycles. The molecule has 6 heteroatoms. The lowest BCUT2D eigenvalue weighted by molar-refractivity contribution is 0.0644. The van der Waals surface area contributed by atoms with Crippen LogP contribution in [0.15, 0.2) is 48.8 Å². The van der Waals surface area contributed by atoms with Crippen LogP contribution in [0.25, 0.3) is 6.08 Å². The summed E-state index contributed by atoms with van der Waals surface area (Å²) in [6, 6.07) is 12.1. The van der Waals surface area contributed by atoms with Gasteiger partial charge in [0.1, 0.15) is 17.8 Å². The lowest BCUT2D eigenvalue weighted by atomic mass is 10.2. The van der Waals surface area contributed by atoms with E-state index in [4.69, 9.17) is 0 Å². The van der Waals surface area contributed by atoms with E-state index in [1.54, 1.807) is 0 Å². The Morgan fingerprint density at radius 1 is 1.07 bits per heavy atom. The zero-order chi connectivity index (χ0) is 19.8. The lowest BCUT2D eigenvalue weighted by Gasteiger charge is -2.34. The first-order valence-electron chi connectivity index (χ1n) is 10.0. The summed E-state index contributed by atoms with van der Waals surface area (Å²) in [7, 11) is 0. The van der Waals surface area contributed by atoms with Crippen molar-refractivity contribution in [2.75, 3.05) is 50.7 Å². The standard InChI is InChI=1S/C22H29N5O/c1-3-26(4-2)21-17-20(23-18-24-21)22(28)27-15-13-25(14-16-27)12-8-11-19-9-6-5-7-10-19/h5-11,17-18H,3-4,12-16H2,1-2H3/b11-8+. The zero-order valence-corrected chi connectivity index (χ0v) is 16.8. The quantitative estimate of drug-likeness (QED) is 0.740. The fourth-order valence-electron chi connectivity index (χ4n) is 3.38. The number of carbonyl (C=O) groups excluding carboxylic acids is 1. The van der Waals surface area contributed by atoms with Gasteiger partial charge in [-0.15, -0.1) is 0 Å². The maximum absolute atomic E-state index is 12.8. The van der Waals surface area contributed by atoms with Crippen LogP contribution in [0.5, 0.6) is 0 Å². The summed E-state index contributed by atoms with van der Waals surface area (Å²) in [4.78, 5) is 27.7. The second kappa shape index (κ2) is 9.99. The van der Waals surface area contributed by atoms with Crippen molar-refractivity contribution in [1.82, 2.24) is 19.8 Å². The van der Waals surface area contributed by atoms with Crippen LogP contribution in [-0.4, -0.2) is 71.5 Å². The molecule has 1 aromatic heterocycles. The maximum atomic E-state index is 12.8. The molecule has 0 bridgehead atoms. The van der Waals surface area contributed by atoms with Crippen molar-refractivity contribution in [3.63, 3.8) is 0 Å². The lowest BCUT2D eigenvalue weighted by Crippen LogP contribution is -2.48. The maximum Gasteiger partial charge on any atom is 0.272 e. The van der Waals surface area contributed by atoms with E-state index in [0.29, 0.717) is 5.69 Å². The molecular formula is C22H29N5O. The van der Waals surface area contributed by atoms with Crippen LogP contribution >= 0.6 is 0 Å². The van der Waals surface area contributed by atoms with Gasteiger partial charge in [0.05, 0.1) is 0 Å². The number of hydrogen-bond donors (Lipinski definition) is 0. The Labute approximate surface area is 167 Å². The number of carbonyl (C=O) groups is 1. The van der Waals surface area contributed by atoms with E-state index in [9.17, 15) is 4.79 Å². The minimum atomic E-state index is -0.00437. The fraction of sp³-hybridized carbons (Fsp3) is 0.409. The molecule has 0 unspecified atom stereocenters. The number of anilines is 1. The minimum Gasteiger partial charge on any atom is -0.357 e. The Balaban J connectivity index is 1.52. The summed E-state index contributed by atoms with van der Waals surface area (Å²) >= 11 is 0. The summed E-state index contributed by atoms with van der Waals surface area (Å²) in [6.45, 7) is 9.98. The first-order chi connectivity index (χ1) is 13.7. The molecule has 1 fully saturated rings. The second-order valence-corrected chi connectivity index (χ2v) is 6.84. The number of rotatable bonds is 7. The normalized spacial score (nSPS) is 15.1. The number of benzene rings is 1. The molecule has 0 N–H and O–H groups in total. The van der Waals surface area contributed by atoms with Crippen molar-refractivity contribution in [3.8, 4) is 0 Å². The predicted molar refractivity (Wildman–Crippen MR) is 113 cm³/mol. The van der Waals surface area contributed by atoms with E-state index in [-0.39, 0.29) is 5.91 Å². The smallest absolute Gasteiger partial charge is 0.272 e. The number of amides is 1. The predicted octanol–water partition coefficient (Wildman–Crippen LogP) is 2.79. The highest BCUT2D eigenvalue weighted by Gasteiger charge is 2.23. The van der Waals surface area contributed by atoms with Gasteiger partial charge in [0.15, 0.2) is 0 Å². The Bertz CT molecular complexity index is 781. The third-order valence-corrected chi connectivity index (χ3v) is 5.09. The van der Waals surface area contributed by atoms with Crippen LogP contribution in [0.2, 0.25) is 0 Å². The first kappa shape index (κ1) is 20.0. The van der Waals surface area contributed by atoms with Crippen LogP contribution in [0.4, 0.5) is 5.82 Å². The summed E-state index contributed by atoms with van der Waals surface area (Å²) in [5.74, 6) is 0.809. The average Bonchev–Trinajstić information content (AvgIpc) is 2.76. The third-order valence-electron chi connectivity index (χ3n) is 5.09. The van der Waals surface area contributed by atoms with Crippen molar-refractivity contribution >= 4 is 17.8 Å². The Kier molecular flexibility index (Phi) is 7.14. The molecule has 3 rings (SSSR count). The van der Waals surface area contributed by atoms with Crippen molar-refractivity contribution in [2.24, 2.45) is 0 Å². The number of nitrogens with zero attached hydrogens (tertiary/aromatic N) is 5. The minimum absolute atomic E-state index is 0.00437. The molecule has 2 heterocycles. The highest BCUT2D eigenvalue weighted by molar-refractivity contribution is 5.93. The van der Waals surface area contributed by atoms with Gasteiger partial charge in [0.25, 0.3) is 5.91 Å². The monoisotopic (exact) mass is 379 g/mol. The molecule has 148 valence electrons. The number of hydrogen-bond acceptors (Lipinski definition) is 5. The molecule has 0 radical (unpaired) electrons. The molecule has 0 spiro atoms. The Morgan fingerprint density at radius 3 is 2.46 bits per heavy atom.